The molecule has 0 N–H and O–H groups in total. The van der Waals surface area contributed by atoms with Crippen molar-refractivity contribution in [1.29, 1.82) is 0 Å². The van der Waals surface area contributed by atoms with Crippen LogP contribution in [-0.4, -0.2) is 37.7 Å². The minimum atomic E-state index is -3.53. The lowest BCUT2D eigenvalue weighted by atomic mass is 10.1. The highest BCUT2D eigenvalue weighted by Crippen LogP contribution is 2.28. The van der Waals surface area contributed by atoms with Crippen LogP contribution in [0.5, 0.6) is 0 Å². The Labute approximate surface area is 132 Å². The molecule has 118 valence electrons. The summed E-state index contributed by atoms with van der Waals surface area (Å²) in [6, 6.07) is 7.49. The van der Waals surface area contributed by atoms with Crippen LogP contribution in [0, 0.1) is 6.92 Å². The molecule has 0 amide bonds. The lowest BCUT2D eigenvalue weighted by Gasteiger charge is -2.38. The fraction of sp³-hybridized carbons (Fsp3) is 0.600. The monoisotopic (exact) mass is 330 g/mol. The van der Waals surface area contributed by atoms with E-state index in [-0.39, 0.29) is 6.04 Å². The van der Waals surface area contributed by atoms with Gasteiger partial charge in [-0.25, -0.2) is 0 Å². The molecule has 2 rings (SSSR count). The number of piperidine rings is 1. The summed E-state index contributed by atoms with van der Waals surface area (Å²) in [6.45, 7) is 4.77. The quantitative estimate of drug-likeness (QED) is 0.778. The number of benzene rings is 1. The zero-order valence-corrected chi connectivity index (χ0v) is 14.2. The molecule has 1 heterocycles. The number of rotatable bonds is 5. The number of nitrogens with zero attached hydrogens (tertiary/aromatic N) is 2. The number of aryl methyl sites for hydroxylation is 1. The van der Waals surface area contributed by atoms with E-state index in [1.54, 1.807) is 4.31 Å². The van der Waals surface area contributed by atoms with Crippen LogP contribution in [0.1, 0.15) is 31.7 Å². The molecule has 0 radical (unpaired) electrons. The summed E-state index contributed by atoms with van der Waals surface area (Å²) < 4.78 is 29.1. The molecule has 4 nitrogen and oxygen atoms in total. The molecule has 0 aromatic heterocycles. The molecule has 6 heteroatoms. The molecule has 1 unspecified atom stereocenters. The maximum absolute atomic E-state index is 13.0. The van der Waals surface area contributed by atoms with Crippen LogP contribution in [0.3, 0.4) is 0 Å². The summed E-state index contributed by atoms with van der Waals surface area (Å²) in [6.07, 6.45) is 2.78. The smallest absolute Gasteiger partial charge is 0.258 e. The van der Waals surface area contributed by atoms with E-state index in [9.17, 15) is 8.42 Å². The second kappa shape index (κ2) is 6.99. The standard InChI is InChI=1S/C15H23ClN2O2S/c1-3-17(15-10-5-4-8-13(15)2)21(19,20)18-11-7-6-9-14(18)12-16/h4-5,8,10,14H,3,6-7,9,11-12H2,1-2H3. The van der Waals surface area contributed by atoms with Crippen molar-refractivity contribution in [2.75, 3.05) is 23.3 Å². The summed E-state index contributed by atoms with van der Waals surface area (Å²) in [5, 5.41) is 0. The van der Waals surface area contributed by atoms with Gasteiger partial charge in [-0.3, -0.25) is 4.31 Å². The first-order chi connectivity index (χ1) is 10.0. The molecule has 0 saturated carbocycles. The van der Waals surface area contributed by atoms with Crippen molar-refractivity contribution in [3.8, 4) is 0 Å². The normalized spacial score (nSPS) is 20.4. The molecule has 0 aliphatic carbocycles. The fourth-order valence-corrected chi connectivity index (χ4v) is 5.21. The van der Waals surface area contributed by atoms with Crippen molar-refractivity contribution in [1.82, 2.24) is 4.31 Å². The third kappa shape index (κ3) is 3.35. The molecular weight excluding hydrogens is 308 g/mol. The van der Waals surface area contributed by atoms with Crippen molar-refractivity contribution >= 4 is 27.5 Å². The van der Waals surface area contributed by atoms with Gasteiger partial charge in [0, 0.05) is 25.0 Å². The highest BCUT2D eigenvalue weighted by atomic mass is 35.5. The molecule has 0 bridgehead atoms. The average Bonchev–Trinajstić information content (AvgIpc) is 2.49. The van der Waals surface area contributed by atoms with E-state index in [2.05, 4.69) is 0 Å². The van der Waals surface area contributed by atoms with E-state index in [1.807, 2.05) is 38.1 Å². The van der Waals surface area contributed by atoms with Gasteiger partial charge >= 0.3 is 10.2 Å². The van der Waals surface area contributed by atoms with Gasteiger partial charge in [0.2, 0.25) is 0 Å². The van der Waals surface area contributed by atoms with Crippen LogP contribution in [0.2, 0.25) is 0 Å². The number of hydrogen-bond donors (Lipinski definition) is 0. The van der Waals surface area contributed by atoms with E-state index in [0.717, 1.165) is 30.5 Å². The predicted octanol–water partition coefficient (Wildman–Crippen LogP) is 3.16. The first kappa shape index (κ1) is 16.6. The number of alkyl halides is 1. The van der Waals surface area contributed by atoms with Gasteiger partial charge < -0.3 is 0 Å². The zero-order valence-electron chi connectivity index (χ0n) is 12.6. The van der Waals surface area contributed by atoms with Gasteiger partial charge in [0.05, 0.1) is 5.69 Å². The lowest BCUT2D eigenvalue weighted by molar-refractivity contribution is 0.270. The molecule has 1 aromatic rings. The maximum atomic E-state index is 13.0. The number of para-hydroxylation sites is 1. The number of halogens is 1. The Morgan fingerprint density at radius 2 is 2.05 bits per heavy atom. The molecule has 1 aliphatic heterocycles. The second-order valence-electron chi connectivity index (χ2n) is 5.37. The summed E-state index contributed by atoms with van der Waals surface area (Å²) >= 11 is 5.98. The average molecular weight is 331 g/mol. The van der Waals surface area contributed by atoms with Gasteiger partial charge in [0.25, 0.3) is 0 Å². The van der Waals surface area contributed by atoms with Crippen LogP contribution in [-0.2, 0) is 10.2 Å². The van der Waals surface area contributed by atoms with Gasteiger partial charge in [-0.15, -0.1) is 11.6 Å². The van der Waals surface area contributed by atoms with Crippen molar-refractivity contribution in [3.63, 3.8) is 0 Å². The molecular formula is C15H23ClN2O2S. The fourth-order valence-electron chi connectivity index (χ4n) is 2.86. The molecule has 1 atom stereocenters. The third-order valence-electron chi connectivity index (χ3n) is 4.00. The topological polar surface area (TPSA) is 40.6 Å². The first-order valence-corrected chi connectivity index (χ1v) is 9.36. The zero-order chi connectivity index (χ0) is 15.5. The molecule has 1 aromatic carbocycles. The molecule has 21 heavy (non-hydrogen) atoms. The van der Waals surface area contributed by atoms with Crippen molar-refractivity contribution in [2.24, 2.45) is 0 Å². The summed E-state index contributed by atoms with van der Waals surface area (Å²) in [5.41, 5.74) is 1.71. The van der Waals surface area contributed by atoms with Crippen molar-refractivity contribution in [3.05, 3.63) is 29.8 Å². The largest absolute Gasteiger partial charge is 0.304 e. The van der Waals surface area contributed by atoms with Crippen molar-refractivity contribution < 1.29 is 8.42 Å². The Kier molecular flexibility index (Phi) is 5.52. The predicted molar refractivity (Wildman–Crippen MR) is 88.2 cm³/mol. The maximum Gasteiger partial charge on any atom is 0.304 e. The summed E-state index contributed by atoms with van der Waals surface area (Å²) in [4.78, 5) is 0. The van der Waals surface area contributed by atoms with Crippen LogP contribution in [0.4, 0.5) is 5.69 Å². The van der Waals surface area contributed by atoms with E-state index in [4.69, 9.17) is 11.6 Å². The van der Waals surface area contributed by atoms with Gasteiger partial charge in [-0.2, -0.15) is 12.7 Å². The Morgan fingerprint density at radius 1 is 1.33 bits per heavy atom. The van der Waals surface area contributed by atoms with Crippen molar-refractivity contribution in [2.45, 2.75) is 39.2 Å². The number of hydrogen-bond acceptors (Lipinski definition) is 2. The van der Waals surface area contributed by atoms with E-state index < -0.39 is 10.2 Å². The lowest BCUT2D eigenvalue weighted by Crippen LogP contribution is -2.51. The van der Waals surface area contributed by atoms with Crippen LogP contribution >= 0.6 is 11.6 Å². The number of anilines is 1. The van der Waals surface area contributed by atoms with Gasteiger partial charge in [-0.05, 0) is 38.3 Å². The van der Waals surface area contributed by atoms with Gasteiger partial charge in [0.1, 0.15) is 0 Å². The Morgan fingerprint density at radius 3 is 2.67 bits per heavy atom. The third-order valence-corrected chi connectivity index (χ3v) is 6.44. The van der Waals surface area contributed by atoms with Gasteiger partial charge in [0.15, 0.2) is 0 Å². The minimum absolute atomic E-state index is 0.0940. The van der Waals surface area contributed by atoms with E-state index in [0.29, 0.717) is 19.0 Å². The van der Waals surface area contributed by atoms with Crippen LogP contribution in [0.15, 0.2) is 24.3 Å². The second-order valence-corrected chi connectivity index (χ2v) is 7.49. The van der Waals surface area contributed by atoms with E-state index in [1.165, 1.54) is 4.31 Å². The van der Waals surface area contributed by atoms with Crippen LogP contribution in [0.25, 0.3) is 0 Å². The molecule has 0 spiro atoms. The Balaban J connectivity index is 2.38. The Bertz CT molecular complexity index is 577. The van der Waals surface area contributed by atoms with Crippen LogP contribution < -0.4 is 4.31 Å². The molecule has 1 aliphatic rings. The highest BCUT2D eigenvalue weighted by molar-refractivity contribution is 7.90. The SMILES string of the molecule is CCN(c1ccccc1C)S(=O)(=O)N1CCCCC1CCl. The molecule has 1 fully saturated rings. The first-order valence-electron chi connectivity index (χ1n) is 7.43. The highest BCUT2D eigenvalue weighted by Gasteiger charge is 2.36. The van der Waals surface area contributed by atoms with Gasteiger partial charge in [-0.1, -0.05) is 24.6 Å². The van der Waals surface area contributed by atoms with E-state index >= 15 is 0 Å². The molecule has 1 saturated heterocycles. The summed E-state index contributed by atoms with van der Waals surface area (Å²) in [5.74, 6) is 0.352. The summed E-state index contributed by atoms with van der Waals surface area (Å²) in [7, 11) is -3.53. The minimum Gasteiger partial charge on any atom is -0.258 e. The Hall–Kier alpha value is -0.780.